The molecule has 0 aliphatic heterocycles. The van der Waals surface area contributed by atoms with E-state index in [1.54, 1.807) is 0 Å². The predicted octanol–water partition coefficient (Wildman–Crippen LogP) is 2.83. The number of fused-ring (bicyclic) bond motifs is 1. The fraction of sp³-hybridized carbons (Fsp3) is 0.200. The lowest BCUT2D eigenvalue weighted by Gasteiger charge is -2.10. The van der Waals surface area contributed by atoms with Crippen molar-refractivity contribution in [2.45, 2.75) is 19.4 Å². The molecule has 0 aliphatic carbocycles. The maximum atomic E-state index is 6.02. The highest BCUT2D eigenvalue weighted by Crippen LogP contribution is 2.19. The van der Waals surface area contributed by atoms with Crippen molar-refractivity contribution < 1.29 is 0 Å². The van der Waals surface area contributed by atoms with Gasteiger partial charge < -0.3 is 5.73 Å². The van der Waals surface area contributed by atoms with Crippen molar-refractivity contribution in [1.82, 2.24) is 15.0 Å². The number of hydrogen-bond acceptors (Lipinski definition) is 3. The van der Waals surface area contributed by atoms with Gasteiger partial charge in [0.15, 0.2) is 0 Å². The minimum absolute atomic E-state index is 0.0986. The first-order chi connectivity index (χ1) is 9.29. The van der Waals surface area contributed by atoms with Gasteiger partial charge in [0.05, 0.1) is 11.2 Å². The van der Waals surface area contributed by atoms with Gasteiger partial charge in [-0.25, -0.2) is 4.68 Å². The number of hydrogen-bond donors (Lipinski definition) is 1. The molecule has 96 valence electrons. The summed E-state index contributed by atoms with van der Waals surface area (Å²) in [5, 5.41) is 8.35. The lowest BCUT2D eigenvalue weighted by Crippen LogP contribution is -2.08. The van der Waals surface area contributed by atoms with Gasteiger partial charge in [-0.1, -0.05) is 36.4 Å². The number of rotatable bonds is 3. The monoisotopic (exact) mass is 252 g/mol. The molecule has 0 amide bonds. The van der Waals surface area contributed by atoms with E-state index >= 15 is 0 Å². The summed E-state index contributed by atoms with van der Waals surface area (Å²) in [6.07, 6.45) is 0.936. The second-order valence-electron chi connectivity index (χ2n) is 4.60. The Labute approximate surface area is 111 Å². The molecule has 2 N–H and O–H groups in total. The normalized spacial score (nSPS) is 12.7. The highest BCUT2D eigenvalue weighted by atomic mass is 15.4. The van der Waals surface area contributed by atoms with Crippen LogP contribution >= 0.6 is 0 Å². The first-order valence-corrected chi connectivity index (χ1v) is 6.46. The molecule has 0 aliphatic rings. The largest absolute Gasteiger partial charge is 0.324 e. The van der Waals surface area contributed by atoms with Gasteiger partial charge in [0.25, 0.3) is 0 Å². The van der Waals surface area contributed by atoms with Crippen LogP contribution in [0.3, 0.4) is 0 Å². The summed E-state index contributed by atoms with van der Waals surface area (Å²) < 4.78 is 1.84. The maximum Gasteiger partial charge on any atom is 0.113 e. The molecular formula is C15H16N4. The number of para-hydroxylation sites is 1. The van der Waals surface area contributed by atoms with Gasteiger partial charge in [0.1, 0.15) is 5.52 Å². The predicted molar refractivity (Wildman–Crippen MR) is 76.1 cm³/mol. The first kappa shape index (κ1) is 11.9. The Morgan fingerprint density at radius 1 is 1.11 bits per heavy atom. The van der Waals surface area contributed by atoms with Gasteiger partial charge in [0, 0.05) is 6.04 Å². The Morgan fingerprint density at radius 2 is 1.84 bits per heavy atom. The number of benzene rings is 2. The molecule has 1 aromatic heterocycles. The molecule has 0 bridgehead atoms. The standard InChI is InChI=1S/C15H16N4/c1-2-13(16)11-7-9-12(10-8-11)19-15-6-4-3-5-14(15)17-18-19/h3-10,13H,2,16H2,1H3/t13-/m1/s1. The topological polar surface area (TPSA) is 56.7 Å². The van der Waals surface area contributed by atoms with E-state index in [4.69, 9.17) is 5.73 Å². The van der Waals surface area contributed by atoms with E-state index in [0.29, 0.717) is 0 Å². The molecule has 0 spiro atoms. The summed E-state index contributed by atoms with van der Waals surface area (Å²) in [6.45, 7) is 2.09. The van der Waals surface area contributed by atoms with Crippen molar-refractivity contribution in [2.75, 3.05) is 0 Å². The molecule has 4 nitrogen and oxygen atoms in total. The van der Waals surface area contributed by atoms with E-state index in [2.05, 4.69) is 29.4 Å². The molecule has 0 unspecified atom stereocenters. The van der Waals surface area contributed by atoms with Crippen molar-refractivity contribution >= 4 is 11.0 Å². The van der Waals surface area contributed by atoms with Crippen molar-refractivity contribution in [3.63, 3.8) is 0 Å². The number of aromatic nitrogens is 3. The van der Waals surface area contributed by atoms with Crippen LogP contribution in [-0.4, -0.2) is 15.0 Å². The van der Waals surface area contributed by atoms with E-state index in [1.807, 2.05) is 41.1 Å². The van der Waals surface area contributed by atoms with Gasteiger partial charge in [-0.3, -0.25) is 0 Å². The van der Waals surface area contributed by atoms with Crippen LogP contribution in [0.1, 0.15) is 24.9 Å². The third-order valence-corrected chi connectivity index (χ3v) is 3.36. The number of nitrogens with two attached hydrogens (primary N) is 1. The third kappa shape index (κ3) is 2.11. The average Bonchev–Trinajstić information content (AvgIpc) is 2.90. The zero-order valence-corrected chi connectivity index (χ0v) is 10.8. The van der Waals surface area contributed by atoms with Crippen molar-refractivity contribution in [3.8, 4) is 5.69 Å². The molecule has 3 rings (SSSR count). The summed E-state index contributed by atoms with van der Waals surface area (Å²) in [7, 11) is 0. The zero-order valence-electron chi connectivity index (χ0n) is 10.8. The van der Waals surface area contributed by atoms with Crippen LogP contribution < -0.4 is 5.73 Å². The van der Waals surface area contributed by atoms with Gasteiger partial charge in [-0.15, -0.1) is 5.10 Å². The Hall–Kier alpha value is -2.20. The van der Waals surface area contributed by atoms with Crippen LogP contribution in [0, 0.1) is 0 Å². The van der Waals surface area contributed by atoms with Crippen LogP contribution in [0.15, 0.2) is 48.5 Å². The number of nitrogens with zero attached hydrogens (tertiary/aromatic N) is 3. The molecule has 4 heteroatoms. The Morgan fingerprint density at radius 3 is 2.58 bits per heavy atom. The molecule has 3 aromatic rings. The van der Waals surface area contributed by atoms with Crippen LogP contribution in [-0.2, 0) is 0 Å². The summed E-state index contributed by atoms with van der Waals surface area (Å²) >= 11 is 0. The second-order valence-corrected chi connectivity index (χ2v) is 4.60. The van der Waals surface area contributed by atoms with Gasteiger partial charge in [0.2, 0.25) is 0 Å². The Balaban J connectivity index is 2.02. The Kier molecular flexibility index (Phi) is 3.01. The Bertz CT molecular complexity index is 685. The van der Waals surface area contributed by atoms with E-state index in [-0.39, 0.29) is 6.04 Å². The van der Waals surface area contributed by atoms with Gasteiger partial charge in [-0.2, -0.15) is 0 Å². The summed E-state index contributed by atoms with van der Waals surface area (Å²) in [4.78, 5) is 0. The fourth-order valence-electron chi connectivity index (χ4n) is 2.16. The fourth-order valence-corrected chi connectivity index (χ4v) is 2.16. The van der Waals surface area contributed by atoms with E-state index in [1.165, 1.54) is 0 Å². The minimum atomic E-state index is 0.0986. The first-order valence-electron chi connectivity index (χ1n) is 6.46. The summed E-state index contributed by atoms with van der Waals surface area (Å²) in [5.41, 5.74) is 10.1. The highest BCUT2D eigenvalue weighted by Gasteiger charge is 2.07. The van der Waals surface area contributed by atoms with E-state index in [0.717, 1.165) is 28.7 Å². The van der Waals surface area contributed by atoms with Crippen LogP contribution in [0.25, 0.3) is 16.7 Å². The maximum absolute atomic E-state index is 6.02. The molecule has 0 saturated heterocycles. The van der Waals surface area contributed by atoms with Crippen LogP contribution in [0.5, 0.6) is 0 Å². The third-order valence-electron chi connectivity index (χ3n) is 3.36. The summed E-state index contributed by atoms with van der Waals surface area (Å²) in [6, 6.07) is 16.2. The SMILES string of the molecule is CC[C@@H](N)c1ccc(-n2nnc3ccccc32)cc1. The van der Waals surface area contributed by atoms with Crippen molar-refractivity contribution in [2.24, 2.45) is 5.73 Å². The average molecular weight is 252 g/mol. The molecule has 0 radical (unpaired) electrons. The quantitative estimate of drug-likeness (QED) is 0.779. The van der Waals surface area contributed by atoms with Crippen molar-refractivity contribution in [3.05, 3.63) is 54.1 Å². The van der Waals surface area contributed by atoms with Gasteiger partial charge in [-0.05, 0) is 36.2 Å². The van der Waals surface area contributed by atoms with Crippen LogP contribution in [0.2, 0.25) is 0 Å². The molecule has 0 saturated carbocycles. The zero-order chi connectivity index (χ0) is 13.2. The molecular weight excluding hydrogens is 236 g/mol. The molecule has 2 aromatic carbocycles. The lowest BCUT2D eigenvalue weighted by atomic mass is 10.1. The lowest BCUT2D eigenvalue weighted by molar-refractivity contribution is 0.698. The summed E-state index contributed by atoms with van der Waals surface area (Å²) in [5.74, 6) is 0. The van der Waals surface area contributed by atoms with Crippen LogP contribution in [0.4, 0.5) is 0 Å². The van der Waals surface area contributed by atoms with E-state index in [9.17, 15) is 0 Å². The molecule has 19 heavy (non-hydrogen) atoms. The van der Waals surface area contributed by atoms with Gasteiger partial charge >= 0.3 is 0 Å². The molecule has 1 heterocycles. The minimum Gasteiger partial charge on any atom is -0.324 e. The van der Waals surface area contributed by atoms with Crippen molar-refractivity contribution in [1.29, 1.82) is 0 Å². The molecule has 1 atom stereocenters. The second kappa shape index (κ2) is 4.82. The smallest absolute Gasteiger partial charge is 0.113 e. The van der Waals surface area contributed by atoms with E-state index < -0.39 is 0 Å². The highest BCUT2D eigenvalue weighted by molar-refractivity contribution is 5.75. The molecule has 0 fully saturated rings.